The highest BCUT2D eigenvalue weighted by Crippen LogP contribution is 2.42. The summed E-state index contributed by atoms with van der Waals surface area (Å²) < 4.78 is 0. The zero-order valence-corrected chi connectivity index (χ0v) is 13.8. The van der Waals surface area contributed by atoms with Crippen LogP contribution in [0.4, 0.5) is 0 Å². The fourth-order valence-corrected chi connectivity index (χ4v) is 3.35. The molecule has 2 atom stereocenters. The number of carbonyl (C=O) groups excluding carboxylic acids is 1. The summed E-state index contributed by atoms with van der Waals surface area (Å²) in [6.45, 7) is 0.774. The highest BCUT2D eigenvalue weighted by atomic mass is 16.1. The highest BCUT2D eigenvalue weighted by molar-refractivity contribution is 5.77. The van der Waals surface area contributed by atoms with E-state index in [4.69, 9.17) is 0 Å². The molecule has 0 aromatic heterocycles. The van der Waals surface area contributed by atoms with E-state index < -0.39 is 0 Å². The van der Waals surface area contributed by atoms with Crippen LogP contribution in [0.5, 0.6) is 0 Å². The summed E-state index contributed by atoms with van der Waals surface area (Å²) in [4.78, 5) is 14.4. The third-order valence-corrected chi connectivity index (χ3v) is 4.56. The molecular formula is C20H24N2O. The molecule has 23 heavy (non-hydrogen) atoms. The molecule has 3 nitrogen and oxygen atoms in total. The second-order valence-electron chi connectivity index (χ2n) is 6.52. The predicted octanol–water partition coefficient (Wildman–Crippen LogP) is 3.14. The van der Waals surface area contributed by atoms with Crippen molar-refractivity contribution >= 4 is 5.91 Å². The quantitative estimate of drug-likeness (QED) is 0.920. The summed E-state index contributed by atoms with van der Waals surface area (Å²) in [6, 6.07) is 19.0. The van der Waals surface area contributed by atoms with Gasteiger partial charge in [0, 0.05) is 18.9 Å². The number of benzene rings is 2. The van der Waals surface area contributed by atoms with E-state index in [2.05, 4.69) is 53.8 Å². The van der Waals surface area contributed by atoms with Crippen molar-refractivity contribution in [3.63, 3.8) is 0 Å². The van der Waals surface area contributed by atoms with Crippen molar-refractivity contribution in [2.45, 2.75) is 24.8 Å². The van der Waals surface area contributed by atoms with Crippen LogP contribution >= 0.6 is 0 Å². The zero-order chi connectivity index (χ0) is 16.2. The van der Waals surface area contributed by atoms with Crippen molar-refractivity contribution in [2.75, 3.05) is 20.6 Å². The Bertz CT molecular complexity index is 666. The summed E-state index contributed by atoms with van der Waals surface area (Å²) in [5.74, 6) is 0.443. The standard InChI is InChI=1S/C20H24N2O/c1-22(2)13-12-19(23)21-20-17-11-7-6-10-16(17)14-18(20)15-8-4-3-5-9-15/h3-11,18,20H,12-14H2,1-2H3,(H,21,23). The Hall–Kier alpha value is -2.13. The highest BCUT2D eigenvalue weighted by Gasteiger charge is 2.34. The molecule has 1 aliphatic carbocycles. The number of nitrogens with zero attached hydrogens (tertiary/aromatic N) is 1. The number of hydrogen-bond donors (Lipinski definition) is 1. The molecule has 0 heterocycles. The van der Waals surface area contributed by atoms with Crippen LogP contribution < -0.4 is 5.32 Å². The van der Waals surface area contributed by atoms with Gasteiger partial charge in [-0.25, -0.2) is 0 Å². The van der Waals surface area contributed by atoms with Gasteiger partial charge in [-0.3, -0.25) is 4.79 Å². The smallest absolute Gasteiger partial charge is 0.221 e. The molecule has 1 amide bonds. The maximum absolute atomic E-state index is 12.4. The average Bonchev–Trinajstić information content (AvgIpc) is 2.92. The van der Waals surface area contributed by atoms with E-state index in [1.165, 1.54) is 16.7 Å². The Morgan fingerprint density at radius 1 is 1.09 bits per heavy atom. The fourth-order valence-electron chi connectivity index (χ4n) is 3.35. The van der Waals surface area contributed by atoms with Gasteiger partial charge in [-0.05, 0) is 37.2 Å². The lowest BCUT2D eigenvalue weighted by Crippen LogP contribution is -2.32. The molecule has 2 unspecified atom stereocenters. The molecule has 1 aliphatic rings. The van der Waals surface area contributed by atoms with Gasteiger partial charge < -0.3 is 10.2 Å². The number of hydrogen-bond acceptors (Lipinski definition) is 2. The fraction of sp³-hybridized carbons (Fsp3) is 0.350. The van der Waals surface area contributed by atoms with Gasteiger partial charge in [0.1, 0.15) is 0 Å². The molecule has 2 aromatic carbocycles. The number of rotatable bonds is 5. The van der Waals surface area contributed by atoms with Gasteiger partial charge in [0.2, 0.25) is 5.91 Å². The minimum Gasteiger partial charge on any atom is -0.349 e. The number of amides is 1. The van der Waals surface area contributed by atoms with Crippen molar-refractivity contribution in [3.8, 4) is 0 Å². The lowest BCUT2D eigenvalue weighted by molar-refractivity contribution is -0.122. The van der Waals surface area contributed by atoms with Crippen LogP contribution in [0.15, 0.2) is 54.6 Å². The van der Waals surface area contributed by atoms with Gasteiger partial charge in [0.25, 0.3) is 0 Å². The van der Waals surface area contributed by atoms with Gasteiger partial charge in [-0.1, -0.05) is 54.6 Å². The topological polar surface area (TPSA) is 32.3 Å². The Morgan fingerprint density at radius 3 is 2.52 bits per heavy atom. The minimum atomic E-state index is 0.0725. The second kappa shape index (κ2) is 6.97. The van der Waals surface area contributed by atoms with Crippen molar-refractivity contribution in [1.82, 2.24) is 10.2 Å². The number of nitrogens with one attached hydrogen (secondary N) is 1. The van der Waals surface area contributed by atoms with Gasteiger partial charge in [-0.15, -0.1) is 0 Å². The van der Waals surface area contributed by atoms with Crippen LogP contribution in [0.25, 0.3) is 0 Å². The first-order chi connectivity index (χ1) is 11.1. The summed E-state index contributed by atoms with van der Waals surface area (Å²) in [5.41, 5.74) is 3.90. The van der Waals surface area contributed by atoms with Crippen LogP contribution in [-0.2, 0) is 11.2 Å². The lowest BCUT2D eigenvalue weighted by atomic mass is 9.92. The van der Waals surface area contributed by atoms with E-state index in [0.29, 0.717) is 12.3 Å². The molecule has 3 heteroatoms. The predicted molar refractivity (Wildman–Crippen MR) is 93.4 cm³/mol. The minimum absolute atomic E-state index is 0.0725. The summed E-state index contributed by atoms with van der Waals surface area (Å²) in [7, 11) is 3.98. The van der Waals surface area contributed by atoms with E-state index in [1.807, 2.05) is 25.1 Å². The Morgan fingerprint density at radius 2 is 1.78 bits per heavy atom. The van der Waals surface area contributed by atoms with Crippen LogP contribution in [0, 0.1) is 0 Å². The molecule has 1 N–H and O–H groups in total. The third-order valence-electron chi connectivity index (χ3n) is 4.56. The van der Waals surface area contributed by atoms with Crippen molar-refractivity contribution < 1.29 is 4.79 Å². The first kappa shape index (κ1) is 15.8. The second-order valence-corrected chi connectivity index (χ2v) is 6.52. The first-order valence-corrected chi connectivity index (χ1v) is 8.22. The molecule has 0 aliphatic heterocycles. The zero-order valence-electron chi connectivity index (χ0n) is 13.8. The number of carbonyl (C=O) groups is 1. The Balaban J connectivity index is 1.82. The van der Waals surface area contributed by atoms with Crippen LogP contribution in [0.3, 0.4) is 0 Å². The molecule has 0 saturated heterocycles. The largest absolute Gasteiger partial charge is 0.349 e. The Labute approximate surface area is 138 Å². The van der Waals surface area contributed by atoms with Crippen LogP contribution in [0.1, 0.15) is 35.1 Å². The van der Waals surface area contributed by atoms with Crippen molar-refractivity contribution in [2.24, 2.45) is 0 Å². The molecule has 0 spiro atoms. The maximum atomic E-state index is 12.4. The molecular weight excluding hydrogens is 284 g/mol. The van der Waals surface area contributed by atoms with Crippen molar-refractivity contribution in [3.05, 3.63) is 71.3 Å². The monoisotopic (exact) mass is 308 g/mol. The molecule has 0 saturated carbocycles. The van der Waals surface area contributed by atoms with Gasteiger partial charge in [0.15, 0.2) is 0 Å². The molecule has 0 fully saturated rings. The van der Waals surface area contributed by atoms with E-state index in [-0.39, 0.29) is 11.9 Å². The molecule has 0 radical (unpaired) electrons. The molecule has 2 aromatic rings. The summed E-state index contributed by atoms with van der Waals surface area (Å²) in [5, 5.41) is 3.27. The molecule has 0 bridgehead atoms. The van der Waals surface area contributed by atoms with Crippen LogP contribution in [-0.4, -0.2) is 31.4 Å². The summed E-state index contributed by atoms with van der Waals surface area (Å²) >= 11 is 0. The molecule has 3 rings (SSSR count). The Kier molecular flexibility index (Phi) is 4.77. The average molecular weight is 308 g/mol. The SMILES string of the molecule is CN(C)CCC(=O)NC1c2ccccc2CC1c1ccccc1. The van der Waals surface area contributed by atoms with Gasteiger partial charge >= 0.3 is 0 Å². The first-order valence-electron chi connectivity index (χ1n) is 8.22. The number of fused-ring (bicyclic) bond motifs is 1. The molecule has 120 valence electrons. The lowest BCUT2D eigenvalue weighted by Gasteiger charge is -2.23. The maximum Gasteiger partial charge on any atom is 0.221 e. The van der Waals surface area contributed by atoms with E-state index in [9.17, 15) is 4.79 Å². The van der Waals surface area contributed by atoms with E-state index in [1.54, 1.807) is 0 Å². The van der Waals surface area contributed by atoms with Gasteiger partial charge in [0.05, 0.1) is 6.04 Å². The normalized spacial score (nSPS) is 19.6. The van der Waals surface area contributed by atoms with E-state index >= 15 is 0 Å². The van der Waals surface area contributed by atoms with Gasteiger partial charge in [-0.2, -0.15) is 0 Å². The van der Waals surface area contributed by atoms with E-state index in [0.717, 1.165) is 13.0 Å². The van der Waals surface area contributed by atoms with Crippen molar-refractivity contribution in [1.29, 1.82) is 0 Å². The third kappa shape index (κ3) is 3.62. The summed E-state index contributed by atoms with van der Waals surface area (Å²) in [6.07, 6.45) is 1.52. The van der Waals surface area contributed by atoms with Crippen LogP contribution in [0.2, 0.25) is 0 Å².